The fourth-order valence-corrected chi connectivity index (χ4v) is 2.55. The van der Waals surface area contributed by atoms with E-state index in [0.29, 0.717) is 16.9 Å². The smallest absolute Gasteiger partial charge is 0.219 e. The van der Waals surface area contributed by atoms with Crippen molar-refractivity contribution in [2.24, 2.45) is 5.73 Å². The van der Waals surface area contributed by atoms with Crippen molar-refractivity contribution < 1.29 is 9.18 Å². The predicted molar refractivity (Wildman–Crippen MR) is 72.4 cm³/mol. The van der Waals surface area contributed by atoms with Crippen molar-refractivity contribution in [1.82, 2.24) is 9.55 Å². The summed E-state index contributed by atoms with van der Waals surface area (Å²) in [5.74, 6) is -0.0136. The highest BCUT2D eigenvalue weighted by Crippen LogP contribution is 2.29. The third-order valence-electron chi connectivity index (χ3n) is 3.02. The lowest BCUT2D eigenvalue weighted by Crippen LogP contribution is -2.33. The van der Waals surface area contributed by atoms with Crippen LogP contribution in [0, 0.1) is 5.82 Å². The summed E-state index contributed by atoms with van der Waals surface area (Å²) in [6.45, 7) is 3.69. The molecular formula is C13H15ClFN3O. The second-order valence-corrected chi connectivity index (χ2v) is 5.35. The summed E-state index contributed by atoms with van der Waals surface area (Å²) >= 11 is 5.89. The Morgan fingerprint density at radius 1 is 1.53 bits per heavy atom. The van der Waals surface area contributed by atoms with Crippen LogP contribution < -0.4 is 5.73 Å². The van der Waals surface area contributed by atoms with E-state index in [1.807, 2.05) is 13.8 Å². The van der Waals surface area contributed by atoms with Gasteiger partial charge in [0.15, 0.2) is 0 Å². The molecule has 0 spiro atoms. The first kappa shape index (κ1) is 13.8. The number of primary amides is 1. The zero-order valence-corrected chi connectivity index (χ0v) is 11.5. The molecule has 0 aliphatic heterocycles. The van der Waals surface area contributed by atoms with Crippen LogP contribution in [0.15, 0.2) is 18.2 Å². The van der Waals surface area contributed by atoms with Gasteiger partial charge < -0.3 is 10.3 Å². The average Bonchev–Trinajstić information content (AvgIpc) is 2.65. The largest absolute Gasteiger partial charge is 0.370 e. The number of nitrogens with two attached hydrogens (primary N) is 1. The fraction of sp³-hybridized carbons (Fsp3) is 0.385. The minimum atomic E-state index is -0.612. The van der Waals surface area contributed by atoms with Gasteiger partial charge >= 0.3 is 0 Å². The molecule has 102 valence electrons. The molecule has 2 N–H and O–H groups in total. The maximum absolute atomic E-state index is 13.4. The molecule has 4 nitrogen and oxygen atoms in total. The molecule has 1 aromatic heterocycles. The molecule has 2 aromatic rings. The number of alkyl halides is 1. The maximum atomic E-state index is 13.4. The van der Waals surface area contributed by atoms with E-state index in [1.165, 1.54) is 12.1 Å². The Balaban J connectivity index is 2.68. The minimum absolute atomic E-state index is 0.124. The Bertz CT molecular complexity index is 636. The van der Waals surface area contributed by atoms with Gasteiger partial charge in [-0.15, -0.1) is 11.6 Å². The number of carbonyl (C=O) groups excluding carboxylic acids is 1. The highest BCUT2D eigenvalue weighted by molar-refractivity contribution is 6.16. The van der Waals surface area contributed by atoms with E-state index in [4.69, 9.17) is 17.3 Å². The molecule has 0 unspecified atom stereocenters. The molecule has 0 saturated carbocycles. The molecule has 0 atom stereocenters. The number of rotatable bonds is 4. The second-order valence-electron chi connectivity index (χ2n) is 5.09. The van der Waals surface area contributed by atoms with E-state index in [0.717, 1.165) is 0 Å². The van der Waals surface area contributed by atoms with Crippen molar-refractivity contribution in [3.05, 3.63) is 29.8 Å². The van der Waals surface area contributed by atoms with Crippen LogP contribution in [0.1, 0.15) is 26.1 Å². The summed E-state index contributed by atoms with van der Waals surface area (Å²) in [4.78, 5) is 15.6. The molecule has 0 aliphatic carbocycles. The zero-order chi connectivity index (χ0) is 14.2. The summed E-state index contributed by atoms with van der Waals surface area (Å²) in [6.07, 6.45) is 0.124. The second kappa shape index (κ2) is 4.81. The van der Waals surface area contributed by atoms with Crippen LogP contribution in [-0.2, 0) is 16.2 Å². The SMILES string of the molecule is CC(C)(CC(N)=O)n1c(CCl)nc2ccc(F)cc21. The summed E-state index contributed by atoms with van der Waals surface area (Å²) < 4.78 is 15.2. The minimum Gasteiger partial charge on any atom is -0.370 e. The number of carbonyl (C=O) groups is 1. The monoisotopic (exact) mass is 283 g/mol. The highest BCUT2D eigenvalue weighted by atomic mass is 35.5. The number of halogens is 2. The number of amides is 1. The van der Waals surface area contributed by atoms with Crippen molar-refractivity contribution in [3.63, 3.8) is 0 Å². The van der Waals surface area contributed by atoms with Crippen LogP contribution in [0.5, 0.6) is 0 Å². The van der Waals surface area contributed by atoms with Gasteiger partial charge in [0.25, 0.3) is 0 Å². The predicted octanol–water partition coefficient (Wildman–Crippen LogP) is 2.52. The van der Waals surface area contributed by atoms with Gasteiger partial charge in [-0.05, 0) is 32.0 Å². The number of benzene rings is 1. The molecule has 2 rings (SSSR count). The normalized spacial score (nSPS) is 12.0. The lowest BCUT2D eigenvalue weighted by atomic mass is 9.99. The number of fused-ring (bicyclic) bond motifs is 1. The van der Waals surface area contributed by atoms with E-state index in [1.54, 1.807) is 10.6 Å². The first-order valence-corrected chi connectivity index (χ1v) is 6.40. The topological polar surface area (TPSA) is 60.9 Å². The van der Waals surface area contributed by atoms with Crippen molar-refractivity contribution in [2.75, 3.05) is 0 Å². The molecule has 0 radical (unpaired) electrons. The number of imidazole rings is 1. The van der Waals surface area contributed by atoms with Gasteiger partial charge in [0.05, 0.1) is 16.9 Å². The molecule has 0 saturated heterocycles. The molecule has 1 aromatic carbocycles. The summed E-state index contributed by atoms with van der Waals surface area (Å²) in [7, 11) is 0. The van der Waals surface area contributed by atoms with Crippen molar-refractivity contribution in [2.45, 2.75) is 31.7 Å². The number of aromatic nitrogens is 2. The van der Waals surface area contributed by atoms with Crippen molar-refractivity contribution >= 4 is 28.5 Å². The van der Waals surface area contributed by atoms with Crippen molar-refractivity contribution in [1.29, 1.82) is 0 Å². The van der Waals surface area contributed by atoms with E-state index in [9.17, 15) is 9.18 Å². The third-order valence-corrected chi connectivity index (χ3v) is 3.26. The number of hydrogen-bond donors (Lipinski definition) is 1. The summed E-state index contributed by atoms with van der Waals surface area (Å²) in [5.41, 5.74) is 5.92. The molecule has 1 heterocycles. The van der Waals surface area contributed by atoms with Crippen LogP contribution >= 0.6 is 11.6 Å². The van der Waals surface area contributed by atoms with E-state index in [2.05, 4.69) is 4.98 Å². The Morgan fingerprint density at radius 3 is 2.79 bits per heavy atom. The van der Waals surface area contributed by atoms with Crippen LogP contribution in [0.25, 0.3) is 11.0 Å². The molecule has 19 heavy (non-hydrogen) atoms. The highest BCUT2D eigenvalue weighted by Gasteiger charge is 2.27. The molecule has 6 heteroatoms. The van der Waals surface area contributed by atoms with Gasteiger partial charge in [0.1, 0.15) is 11.6 Å². The van der Waals surface area contributed by atoms with Gasteiger partial charge in [-0.1, -0.05) is 0 Å². The van der Waals surface area contributed by atoms with Crippen LogP contribution in [0.3, 0.4) is 0 Å². The first-order valence-electron chi connectivity index (χ1n) is 5.87. The van der Waals surface area contributed by atoms with Gasteiger partial charge in [-0.25, -0.2) is 9.37 Å². The summed E-state index contributed by atoms with van der Waals surface area (Å²) in [6, 6.07) is 4.33. The van der Waals surface area contributed by atoms with Gasteiger partial charge in [-0.3, -0.25) is 4.79 Å². The molecule has 0 bridgehead atoms. The Morgan fingerprint density at radius 2 is 2.21 bits per heavy atom. The number of nitrogens with zero attached hydrogens (tertiary/aromatic N) is 2. The van der Waals surface area contributed by atoms with Gasteiger partial charge in [0.2, 0.25) is 5.91 Å². The Labute approximate surface area is 115 Å². The van der Waals surface area contributed by atoms with Crippen LogP contribution in [-0.4, -0.2) is 15.5 Å². The maximum Gasteiger partial charge on any atom is 0.219 e. The average molecular weight is 284 g/mol. The third kappa shape index (κ3) is 2.56. The van der Waals surface area contributed by atoms with Gasteiger partial charge in [0, 0.05) is 12.0 Å². The molecular weight excluding hydrogens is 269 g/mol. The molecule has 0 aliphatic rings. The fourth-order valence-electron chi connectivity index (χ4n) is 2.37. The van der Waals surface area contributed by atoms with Crippen molar-refractivity contribution in [3.8, 4) is 0 Å². The first-order chi connectivity index (χ1) is 8.85. The van der Waals surface area contributed by atoms with Crippen LogP contribution in [0.2, 0.25) is 0 Å². The molecule has 0 fully saturated rings. The Kier molecular flexibility index (Phi) is 3.49. The summed E-state index contributed by atoms with van der Waals surface area (Å²) in [5, 5.41) is 0. The van der Waals surface area contributed by atoms with E-state index >= 15 is 0 Å². The Hall–Kier alpha value is -1.62. The van der Waals surface area contributed by atoms with Gasteiger partial charge in [-0.2, -0.15) is 0 Å². The zero-order valence-electron chi connectivity index (χ0n) is 10.8. The standard InChI is InChI=1S/C13H15ClFN3O/c1-13(2,6-11(16)19)18-10-5-8(15)3-4-9(10)17-12(18)7-14/h3-5H,6-7H2,1-2H3,(H2,16,19). The lowest BCUT2D eigenvalue weighted by Gasteiger charge is -2.27. The van der Waals surface area contributed by atoms with Crippen LogP contribution in [0.4, 0.5) is 4.39 Å². The number of hydrogen-bond acceptors (Lipinski definition) is 2. The molecule has 1 amide bonds. The van der Waals surface area contributed by atoms with E-state index in [-0.39, 0.29) is 18.1 Å². The quantitative estimate of drug-likeness (QED) is 0.877. The lowest BCUT2D eigenvalue weighted by molar-refractivity contribution is -0.119. The van der Waals surface area contributed by atoms with E-state index < -0.39 is 11.4 Å².